The highest BCUT2D eigenvalue weighted by Crippen LogP contribution is 2.38. The molecule has 1 aliphatic heterocycles. The molecule has 0 aliphatic carbocycles. The summed E-state index contributed by atoms with van der Waals surface area (Å²) in [6.45, 7) is 1.41. The van der Waals surface area contributed by atoms with Gasteiger partial charge in [0.2, 0.25) is 11.7 Å². The fraction of sp³-hybridized carbons (Fsp3) is 0.333. The first-order valence-corrected chi connectivity index (χ1v) is 6.28. The van der Waals surface area contributed by atoms with Crippen LogP contribution in [0.3, 0.4) is 0 Å². The number of ether oxygens (including phenoxy) is 2. The summed E-state index contributed by atoms with van der Waals surface area (Å²) < 4.78 is 16.1. The van der Waals surface area contributed by atoms with E-state index in [0.29, 0.717) is 47.0 Å². The zero-order valence-corrected chi connectivity index (χ0v) is 10.8. The van der Waals surface area contributed by atoms with Crippen molar-refractivity contribution in [3.8, 4) is 22.9 Å². The van der Waals surface area contributed by atoms with E-state index in [9.17, 15) is 0 Å². The zero-order valence-electron chi connectivity index (χ0n) is 10.1. The molecule has 0 fully saturated rings. The normalized spacial score (nSPS) is 14.2. The first-order valence-electron chi connectivity index (χ1n) is 5.90. The van der Waals surface area contributed by atoms with Crippen LogP contribution in [-0.2, 0) is 6.54 Å². The minimum absolute atomic E-state index is 0.190. The van der Waals surface area contributed by atoms with Crippen LogP contribution >= 0.6 is 11.6 Å². The smallest absolute Gasteiger partial charge is 0.240 e. The largest absolute Gasteiger partial charge is 0.490 e. The standard InChI is InChI=1S/C12H12ClN3O3/c13-8-5-10-9(17-2-1-3-18-10)4-7(8)12-15-11(6-14)19-16-12/h4-5H,1-3,6,14H2. The molecule has 0 spiro atoms. The van der Waals surface area contributed by atoms with Crippen LogP contribution in [0.15, 0.2) is 16.7 Å². The van der Waals surface area contributed by atoms with E-state index in [2.05, 4.69) is 10.1 Å². The van der Waals surface area contributed by atoms with E-state index in [1.165, 1.54) is 0 Å². The van der Waals surface area contributed by atoms with Crippen LogP contribution in [0.25, 0.3) is 11.4 Å². The van der Waals surface area contributed by atoms with E-state index < -0.39 is 0 Å². The first kappa shape index (κ1) is 12.3. The third kappa shape index (κ3) is 2.36. The lowest BCUT2D eigenvalue weighted by molar-refractivity contribution is 0.297. The molecule has 2 aromatic rings. The summed E-state index contributed by atoms with van der Waals surface area (Å²) in [5.41, 5.74) is 6.07. The van der Waals surface area contributed by atoms with Gasteiger partial charge in [-0.15, -0.1) is 0 Å². The number of hydrogen-bond acceptors (Lipinski definition) is 6. The van der Waals surface area contributed by atoms with Gasteiger partial charge in [-0.05, 0) is 6.07 Å². The van der Waals surface area contributed by atoms with Gasteiger partial charge in [0, 0.05) is 18.1 Å². The van der Waals surface area contributed by atoms with Crippen molar-refractivity contribution in [2.75, 3.05) is 13.2 Å². The molecule has 1 aliphatic rings. The molecule has 0 radical (unpaired) electrons. The third-order valence-electron chi connectivity index (χ3n) is 2.72. The Hall–Kier alpha value is -1.79. The van der Waals surface area contributed by atoms with Crippen LogP contribution in [-0.4, -0.2) is 23.4 Å². The van der Waals surface area contributed by atoms with Gasteiger partial charge in [-0.3, -0.25) is 0 Å². The molecule has 1 aromatic heterocycles. The highest BCUT2D eigenvalue weighted by Gasteiger charge is 2.18. The first-order chi connectivity index (χ1) is 9.28. The molecule has 0 saturated carbocycles. The average molecular weight is 282 g/mol. The Morgan fingerprint density at radius 3 is 2.63 bits per heavy atom. The lowest BCUT2D eigenvalue weighted by Gasteiger charge is -2.09. The molecule has 100 valence electrons. The Labute approximate surface area is 114 Å². The fourth-order valence-corrected chi connectivity index (χ4v) is 2.04. The second kappa shape index (κ2) is 5.07. The van der Waals surface area contributed by atoms with Gasteiger partial charge in [-0.1, -0.05) is 16.8 Å². The Bertz CT molecular complexity index is 600. The Morgan fingerprint density at radius 2 is 1.95 bits per heavy atom. The monoisotopic (exact) mass is 281 g/mol. The Balaban J connectivity index is 2.04. The maximum atomic E-state index is 6.21. The number of nitrogens with two attached hydrogens (primary N) is 1. The summed E-state index contributed by atoms with van der Waals surface area (Å²) in [6, 6.07) is 3.46. The van der Waals surface area contributed by atoms with Crippen molar-refractivity contribution in [2.45, 2.75) is 13.0 Å². The van der Waals surface area contributed by atoms with Gasteiger partial charge in [-0.2, -0.15) is 4.98 Å². The summed E-state index contributed by atoms with van der Waals surface area (Å²) in [5, 5.41) is 4.32. The number of hydrogen-bond donors (Lipinski definition) is 1. The molecule has 0 saturated heterocycles. The molecule has 1 aromatic carbocycles. The molecule has 0 unspecified atom stereocenters. The summed E-state index contributed by atoms with van der Waals surface area (Å²) in [6.07, 6.45) is 0.834. The van der Waals surface area contributed by atoms with Crippen LogP contribution < -0.4 is 15.2 Å². The Kier molecular flexibility index (Phi) is 3.27. The van der Waals surface area contributed by atoms with E-state index in [0.717, 1.165) is 6.42 Å². The van der Waals surface area contributed by atoms with Crippen LogP contribution in [0.5, 0.6) is 11.5 Å². The zero-order chi connectivity index (χ0) is 13.2. The third-order valence-corrected chi connectivity index (χ3v) is 3.03. The Morgan fingerprint density at radius 1 is 1.21 bits per heavy atom. The summed E-state index contributed by atoms with van der Waals surface area (Å²) in [5.74, 6) is 2.02. The molecular weight excluding hydrogens is 270 g/mol. The quantitative estimate of drug-likeness (QED) is 0.906. The van der Waals surface area contributed by atoms with Gasteiger partial charge in [0.05, 0.1) is 24.8 Å². The average Bonchev–Trinajstić information content (AvgIpc) is 2.78. The molecule has 6 nitrogen and oxygen atoms in total. The molecule has 0 atom stereocenters. The molecule has 3 rings (SSSR count). The summed E-state index contributed by atoms with van der Waals surface area (Å²) >= 11 is 6.21. The van der Waals surface area contributed by atoms with Crippen LogP contribution in [0, 0.1) is 0 Å². The maximum absolute atomic E-state index is 6.21. The molecule has 0 amide bonds. The number of halogens is 1. The van der Waals surface area contributed by atoms with Crippen molar-refractivity contribution in [3.63, 3.8) is 0 Å². The van der Waals surface area contributed by atoms with Crippen molar-refractivity contribution in [2.24, 2.45) is 5.73 Å². The molecule has 19 heavy (non-hydrogen) atoms. The highest BCUT2D eigenvalue weighted by molar-refractivity contribution is 6.33. The molecule has 7 heteroatoms. The summed E-state index contributed by atoms with van der Waals surface area (Å²) in [4.78, 5) is 4.15. The van der Waals surface area contributed by atoms with Crippen LogP contribution in [0.2, 0.25) is 5.02 Å². The minimum atomic E-state index is 0.190. The van der Waals surface area contributed by atoms with Gasteiger partial charge in [0.15, 0.2) is 11.5 Å². The second-order valence-corrected chi connectivity index (χ2v) is 4.45. The van der Waals surface area contributed by atoms with Gasteiger partial charge < -0.3 is 19.7 Å². The molecule has 2 heterocycles. The van der Waals surface area contributed by atoms with Crippen LogP contribution in [0.1, 0.15) is 12.3 Å². The van der Waals surface area contributed by atoms with E-state index >= 15 is 0 Å². The maximum Gasteiger partial charge on any atom is 0.240 e. The van der Waals surface area contributed by atoms with E-state index in [4.69, 9.17) is 31.3 Å². The molecular formula is C12H12ClN3O3. The number of rotatable bonds is 2. The van der Waals surface area contributed by atoms with E-state index in [-0.39, 0.29) is 6.54 Å². The SMILES string of the molecule is NCc1nc(-c2cc3c(cc2Cl)OCCCO3)no1. The minimum Gasteiger partial charge on any atom is -0.490 e. The van der Waals surface area contributed by atoms with Gasteiger partial charge in [0.1, 0.15) is 0 Å². The fourth-order valence-electron chi connectivity index (χ4n) is 1.80. The number of fused-ring (bicyclic) bond motifs is 1. The summed E-state index contributed by atoms with van der Waals surface area (Å²) in [7, 11) is 0. The van der Waals surface area contributed by atoms with Crippen molar-refractivity contribution < 1.29 is 14.0 Å². The number of benzene rings is 1. The van der Waals surface area contributed by atoms with Crippen molar-refractivity contribution >= 4 is 11.6 Å². The van der Waals surface area contributed by atoms with Gasteiger partial charge >= 0.3 is 0 Å². The van der Waals surface area contributed by atoms with Crippen molar-refractivity contribution in [1.82, 2.24) is 10.1 Å². The predicted octanol–water partition coefficient (Wildman–Crippen LogP) is 2.01. The molecule has 0 bridgehead atoms. The van der Waals surface area contributed by atoms with Gasteiger partial charge in [-0.25, -0.2) is 0 Å². The lowest BCUT2D eigenvalue weighted by atomic mass is 10.2. The predicted molar refractivity (Wildman–Crippen MR) is 68.2 cm³/mol. The number of aromatic nitrogens is 2. The topological polar surface area (TPSA) is 83.4 Å². The highest BCUT2D eigenvalue weighted by atomic mass is 35.5. The van der Waals surface area contributed by atoms with E-state index in [1.807, 2.05) is 0 Å². The van der Waals surface area contributed by atoms with E-state index in [1.54, 1.807) is 12.1 Å². The van der Waals surface area contributed by atoms with Crippen LogP contribution in [0.4, 0.5) is 0 Å². The van der Waals surface area contributed by atoms with Crippen molar-refractivity contribution in [1.29, 1.82) is 0 Å². The molecule has 2 N–H and O–H groups in total. The van der Waals surface area contributed by atoms with Gasteiger partial charge in [0.25, 0.3) is 0 Å². The second-order valence-electron chi connectivity index (χ2n) is 4.05. The lowest BCUT2D eigenvalue weighted by Crippen LogP contribution is -1.97. The number of nitrogens with zero attached hydrogens (tertiary/aromatic N) is 2. The van der Waals surface area contributed by atoms with Crippen molar-refractivity contribution in [3.05, 3.63) is 23.0 Å².